The molecule has 0 unspecified atom stereocenters. The summed E-state index contributed by atoms with van der Waals surface area (Å²) >= 11 is 0.617. The van der Waals surface area contributed by atoms with Crippen LogP contribution < -0.4 is 16.4 Å². The third kappa shape index (κ3) is 9.88. The second-order valence-corrected chi connectivity index (χ2v) is 15.2. The van der Waals surface area contributed by atoms with Crippen molar-refractivity contribution in [2.24, 2.45) is 5.92 Å². The second kappa shape index (κ2) is 17.2. The Labute approximate surface area is 299 Å². The van der Waals surface area contributed by atoms with E-state index in [1.807, 2.05) is 13.8 Å². The number of carbonyl (C=O) groups excluding carboxylic acids is 2. The summed E-state index contributed by atoms with van der Waals surface area (Å²) in [5.74, 6) is -1.98. The molecule has 15 heteroatoms. The third-order valence-electron chi connectivity index (χ3n) is 8.20. The number of sulfonamides is 1. The first-order valence-electron chi connectivity index (χ1n) is 16.1. The van der Waals surface area contributed by atoms with Gasteiger partial charge in [-0.2, -0.15) is 17.5 Å². The van der Waals surface area contributed by atoms with Gasteiger partial charge in [-0.05, 0) is 59.9 Å². The molecule has 274 valence electrons. The maximum absolute atomic E-state index is 14.8. The summed E-state index contributed by atoms with van der Waals surface area (Å²) in [5, 5.41) is 15.0. The van der Waals surface area contributed by atoms with Crippen molar-refractivity contribution in [3.05, 3.63) is 118 Å². The molecule has 3 aromatic carbocycles. The van der Waals surface area contributed by atoms with Crippen LogP contribution in [0.15, 0.2) is 102 Å². The lowest BCUT2D eigenvalue weighted by molar-refractivity contribution is -0.163. The van der Waals surface area contributed by atoms with Crippen LogP contribution in [0.25, 0.3) is 0 Å². The number of thiophene rings is 1. The number of hydrogen-bond acceptors (Lipinski definition) is 8. The number of nitrogen functional groups attached to an aromatic ring is 1. The van der Waals surface area contributed by atoms with E-state index in [9.17, 15) is 36.3 Å². The highest BCUT2D eigenvalue weighted by molar-refractivity contribution is 7.89. The van der Waals surface area contributed by atoms with Crippen LogP contribution in [0, 0.1) is 5.92 Å². The Bertz CT molecular complexity index is 1800. The van der Waals surface area contributed by atoms with Gasteiger partial charge in [-0.3, -0.25) is 4.79 Å². The molecule has 4 rings (SSSR count). The molecule has 0 bridgehead atoms. The van der Waals surface area contributed by atoms with E-state index in [0.717, 1.165) is 17.5 Å². The number of nitrogens with two attached hydrogens (primary N) is 1. The zero-order chi connectivity index (χ0) is 37.3. The van der Waals surface area contributed by atoms with Crippen molar-refractivity contribution in [1.82, 2.24) is 14.9 Å². The number of ether oxygens (including phenoxy) is 1. The Kier molecular flexibility index (Phi) is 13.3. The number of amides is 2. The number of methoxy groups -OCH3 is 1. The molecule has 51 heavy (non-hydrogen) atoms. The number of alkyl halides is 3. The molecule has 0 aliphatic heterocycles. The predicted molar refractivity (Wildman–Crippen MR) is 189 cm³/mol. The van der Waals surface area contributed by atoms with Gasteiger partial charge in [-0.25, -0.2) is 13.2 Å². The maximum Gasteiger partial charge on any atom is 0.413 e. The highest BCUT2D eigenvalue weighted by Crippen LogP contribution is 2.40. The van der Waals surface area contributed by atoms with E-state index in [1.165, 1.54) is 30.3 Å². The molecule has 5 N–H and O–H groups in total. The summed E-state index contributed by atoms with van der Waals surface area (Å²) in [6, 6.07) is 19.7. The molecular formula is C36H41F3N4O6S2. The van der Waals surface area contributed by atoms with Gasteiger partial charge in [-0.15, -0.1) is 11.3 Å². The third-order valence-corrected chi connectivity index (χ3v) is 11.4. The Balaban J connectivity index is 1.73. The van der Waals surface area contributed by atoms with Gasteiger partial charge in [0.2, 0.25) is 15.9 Å². The first-order chi connectivity index (χ1) is 24.2. The van der Waals surface area contributed by atoms with Gasteiger partial charge in [0.15, 0.2) is 6.04 Å². The van der Waals surface area contributed by atoms with Crippen molar-refractivity contribution < 1.29 is 41.0 Å². The van der Waals surface area contributed by atoms with Crippen LogP contribution in [-0.4, -0.2) is 62.3 Å². The normalized spacial score (nSPS) is 13.9. The minimum absolute atomic E-state index is 0.0243. The number of anilines is 1. The molecule has 0 saturated carbocycles. The number of nitrogens with zero attached hydrogens (tertiary/aromatic N) is 1. The zero-order valence-electron chi connectivity index (χ0n) is 28.2. The van der Waals surface area contributed by atoms with Crippen molar-refractivity contribution in [1.29, 1.82) is 0 Å². The monoisotopic (exact) mass is 746 g/mol. The van der Waals surface area contributed by atoms with Crippen LogP contribution in [0.5, 0.6) is 0 Å². The minimum Gasteiger partial charge on any atom is -0.453 e. The molecule has 0 aliphatic rings. The number of benzene rings is 3. The molecule has 1 heterocycles. The van der Waals surface area contributed by atoms with Gasteiger partial charge in [-0.1, -0.05) is 74.5 Å². The van der Waals surface area contributed by atoms with E-state index in [-0.39, 0.29) is 27.1 Å². The number of aliphatic hydroxyl groups excluding tert-OH is 1. The summed E-state index contributed by atoms with van der Waals surface area (Å²) in [6.07, 6.45) is -5.63. The average Bonchev–Trinajstić information content (AvgIpc) is 3.58. The Morgan fingerprint density at radius 2 is 1.43 bits per heavy atom. The Hall–Kier alpha value is -4.44. The van der Waals surface area contributed by atoms with Crippen molar-refractivity contribution in [2.75, 3.05) is 26.0 Å². The number of nitrogens with one attached hydrogen (secondary N) is 2. The van der Waals surface area contributed by atoms with Gasteiger partial charge in [0.05, 0.1) is 24.7 Å². The zero-order valence-corrected chi connectivity index (χ0v) is 29.8. The lowest BCUT2D eigenvalue weighted by atomic mass is 9.84. The molecule has 0 radical (unpaired) electrons. The summed E-state index contributed by atoms with van der Waals surface area (Å²) in [5.41, 5.74) is 7.20. The van der Waals surface area contributed by atoms with E-state index in [4.69, 9.17) is 10.5 Å². The molecule has 0 aliphatic carbocycles. The lowest BCUT2D eigenvalue weighted by Crippen LogP contribution is -2.52. The van der Waals surface area contributed by atoms with E-state index < -0.39 is 58.9 Å². The number of halogens is 3. The summed E-state index contributed by atoms with van der Waals surface area (Å²) in [7, 11) is -3.16. The summed E-state index contributed by atoms with van der Waals surface area (Å²) < 4.78 is 78.0. The maximum atomic E-state index is 14.8. The van der Waals surface area contributed by atoms with E-state index in [0.29, 0.717) is 34.6 Å². The summed E-state index contributed by atoms with van der Waals surface area (Å²) in [6.45, 7) is 3.04. The molecule has 0 spiro atoms. The fourth-order valence-corrected chi connectivity index (χ4v) is 8.43. The Morgan fingerprint density at radius 1 is 0.882 bits per heavy atom. The van der Waals surface area contributed by atoms with Gasteiger partial charge in [0.25, 0.3) is 0 Å². The van der Waals surface area contributed by atoms with Gasteiger partial charge < -0.3 is 26.2 Å². The van der Waals surface area contributed by atoms with E-state index in [1.54, 1.807) is 60.7 Å². The topological polar surface area (TPSA) is 151 Å². The number of alkyl carbamates (subject to hydrolysis) is 1. The second-order valence-electron chi connectivity index (χ2n) is 12.2. The molecule has 0 fully saturated rings. The molecule has 1 aromatic heterocycles. The number of rotatable bonds is 15. The van der Waals surface area contributed by atoms with Crippen LogP contribution in [0.1, 0.15) is 59.2 Å². The average molecular weight is 747 g/mol. The quantitative estimate of drug-likeness (QED) is 0.103. The number of aliphatic hydroxyl groups is 1. The molecule has 2 amide bonds. The van der Waals surface area contributed by atoms with Crippen molar-refractivity contribution in [3.63, 3.8) is 0 Å². The molecule has 0 saturated heterocycles. The summed E-state index contributed by atoms with van der Waals surface area (Å²) in [4.78, 5) is 26.2. The van der Waals surface area contributed by atoms with Crippen molar-refractivity contribution in [3.8, 4) is 0 Å². The van der Waals surface area contributed by atoms with Crippen molar-refractivity contribution >= 4 is 39.0 Å². The van der Waals surface area contributed by atoms with Gasteiger partial charge >= 0.3 is 12.3 Å². The first-order valence-corrected chi connectivity index (χ1v) is 18.3. The fourth-order valence-electron chi connectivity index (χ4n) is 5.56. The lowest BCUT2D eigenvalue weighted by Gasteiger charge is -2.30. The molecule has 10 nitrogen and oxygen atoms in total. The first kappa shape index (κ1) is 39.3. The van der Waals surface area contributed by atoms with E-state index in [2.05, 4.69) is 10.6 Å². The predicted octanol–water partition coefficient (Wildman–Crippen LogP) is 6.38. The number of carbonyl (C=O) groups is 2. The van der Waals surface area contributed by atoms with Crippen molar-refractivity contribution in [2.45, 2.75) is 55.4 Å². The van der Waals surface area contributed by atoms with E-state index >= 15 is 0 Å². The van der Waals surface area contributed by atoms with Crippen LogP contribution in [0.3, 0.4) is 0 Å². The van der Waals surface area contributed by atoms with Crippen LogP contribution in [0.4, 0.5) is 23.7 Å². The smallest absolute Gasteiger partial charge is 0.413 e. The van der Waals surface area contributed by atoms with Crippen LogP contribution in [0.2, 0.25) is 0 Å². The molecule has 4 aromatic rings. The SMILES string of the molecule is COC(=O)N[C@H](C(=O)N[C@H](c1ccc([C@@H](CO)N(CCC(C)C)S(=O)(=O)c2ccc(N)cc2)s1)C(F)(F)F)C(c1ccccc1)c1ccccc1. The highest BCUT2D eigenvalue weighted by Gasteiger charge is 2.45. The molecular weight excluding hydrogens is 706 g/mol. The van der Waals surface area contributed by atoms with Crippen LogP contribution >= 0.6 is 11.3 Å². The Morgan fingerprint density at radius 3 is 1.92 bits per heavy atom. The number of hydrogen-bond donors (Lipinski definition) is 4. The van der Waals surface area contributed by atoms with Gasteiger partial charge in [0.1, 0.15) is 6.04 Å². The molecule has 3 atom stereocenters. The largest absolute Gasteiger partial charge is 0.453 e. The highest BCUT2D eigenvalue weighted by atomic mass is 32.2. The van der Waals surface area contributed by atoms with Crippen LogP contribution in [-0.2, 0) is 19.6 Å². The van der Waals surface area contributed by atoms with Gasteiger partial charge in [0, 0.05) is 27.9 Å². The standard InChI is InChI=1S/C36H41F3N4O6S2/c1-23(2)20-21-43(51(47,48)27-16-14-26(40)15-17-27)28(22-44)29-18-19-30(50-29)33(36(37,38)39)42-34(45)32(41-35(46)49-3)31(24-10-6-4-7-11-24)25-12-8-5-9-13-25/h4-19,23,28,31-33,44H,20-22,40H2,1-3H3,(H,41,46)(H,42,45)/t28-,32+,33-/m1/s1. The fraction of sp³-hybridized carbons (Fsp3) is 0.333. The minimum atomic E-state index is -5.01.